The molecule has 0 unspecified atom stereocenters. The lowest BCUT2D eigenvalue weighted by Gasteiger charge is -2.11. The predicted octanol–water partition coefficient (Wildman–Crippen LogP) is 2.19. The van der Waals surface area contributed by atoms with Gasteiger partial charge in [-0.3, -0.25) is 0 Å². The zero-order valence-electron chi connectivity index (χ0n) is 12.3. The van der Waals surface area contributed by atoms with Crippen molar-refractivity contribution in [1.29, 1.82) is 0 Å². The number of hydrogen-bond donors (Lipinski definition) is 2. The first-order valence-corrected chi connectivity index (χ1v) is 7.13. The zero-order chi connectivity index (χ0) is 15.4. The Kier molecular flexibility index (Phi) is 4.13. The van der Waals surface area contributed by atoms with Crippen molar-refractivity contribution in [1.82, 2.24) is 9.97 Å². The Morgan fingerprint density at radius 3 is 3.00 bits per heavy atom. The molecule has 1 aromatic carbocycles. The third kappa shape index (κ3) is 2.98. The first-order chi connectivity index (χ1) is 10.8. The third-order valence-corrected chi connectivity index (χ3v) is 3.19. The Morgan fingerprint density at radius 2 is 2.14 bits per heavy atom. The van der Waals surface area contributed by atoms with Crippen molar-refractivity contribution >= 4 is 11.5 Å². The number of fused-ring (bicyclic) bond motifs is 1. The van der Waals surface area contributed by atoms with Crippen LogP contribution < -0.4 is 25.3 Å². The minimum Gasteiger partial charge on any atom is -0.476 e. The lowest BCUT2D eigenvalue weighted by molar-refractivity contribution is 0.174. The van der Waals surface area contributed by atoms with Gasteiger partial charge in [-0.05, 0) is 24.1 Å². The molecule has 0 aliphatic carbocycles. The fourth-order valence-electron chi connectivity index (χ4n) is 2.07. The standard InChI is InChI=1S/C15H18N4O3/c1-2-5-20-15-13(16)14(18-8-19-15)17-7-10-3-4-11-12(6-10)22-9-21-11/h3-4,6,8H,2,5,7,9,16H2,1H3,(H,17,18,19). The number of hydrogen-bond acceptors (Lipinski definition) is 7. The first kappa shape index (κ1) is 14.2. The summed E-state index contributed by atoms with van der Waals surface area (Å²) in [5.41, 5.74) is 7.47. The topological polar surface area (TPSA) is 91.5 Å². The summed E-state index contributed by atoms with van der Waals surface area (Å²) in [4.78, 5) is 8.20. The number of nitrogens with zero attached hydrogens (tertiary/aromatic N) is 2. The van der Waals surface area contributed by atoms with Crippen molar-refractivity contribution in [2.75, 3.05) is 24.5 Å². The van der Waals surface area contributed by atoms with Crippen molar-refractivity contribution in [3.05, 3.63) is 30.1 Å². The van der Waals surface area contributed by atoms with Crippen LogP contribution >= 0.6 is 0 Å². The van der Waals surface area contributed by atoms with Crippen molar-refractivity contribution in [2.45, 2.75) is 19.9 Å². The van der Waals surface area contributed by atoms with E-state index >= 15 is 0 Å². The average molecular weight is 302 g/mol. The van der Waals surface area contributed by atoms with Crippen molar-refractivity contribution in [2.24, 2.45) is 0 Å². The second-order valence-corrected chi connectivity index (χ2v) is 4.83. The van der Waals surface area contributed by atoms with Gasteiger partial charge in [0.05, 0.1) is 6.61 Å². The van der Waals surface area contributed by atoms with Crippen LogP contribution in [0.5, 0.6) is 17.4 Å². The number of rotatable bonds is 6. The van der Waals surface area contributed by atoms with Crippen LogP contribution in [0.3, 0.4) is 0 Å². The van der Waals surface area contributed by atoms with Gasteiger partial charge < -0.3 is 25.3 Å². The highest BCUT2D eigenvalue weighted by Crippen LogP contribution is 2.33. The van der Waals surface area contributed by atoms with E-state index in [4.69, 9.17) is 19.9 Å². The summed E-state index contributed by atoms with van der Waals surface area (Å²) >= 11 is 0. The van der Waals surface area contributed by atoms with E-state index in [-0.39, 0.29) is 6.79 Å². The van der Waals surface area contributed by atoms with Crippen molar-refractivity contribution in [3.8, 4) is 17.4 Å². The molecule has 1 aliphatic rings. The van der Waals surface area contributed by atoms with E-state index in [9.17, 15) is 0 Å². The van der Waals surface area contributed by atoms with Gasteiger partial charge in [0.15, 0.2) is 17.3 Å². The van der Waals surface area contributed by atoms with Crippen LogP contribution in [0.25, 0.3) is 0 Å². The first-order valence-electron chi connectivity index (χ1n) is 7.13. The van der Waals surface area contributed by atoms with E-state index in [2.05, 4.69) is 15.3 Å². The molecule has 0 saturated heterocycles. The number of nitrogens with one attached hydrogen (secondary N) is 1. The molecule has 2 aromatic rings. The molecule has 0 radical (unpaired) electrons. The van der Waals surface area contributed by atoms with Gasteiger partial charge >= 0.3 is 0 Å². The van der Waals surface area contributed by atoms with E-state index in [1.807, 2.05) is 25.1 Å². The Labute approximate surface area is 128 Å². The Morgan fingerprint density at radius 1 is 1.27 bits per heavy atom. The molecule has 0 fully saturated rings. The number of ether oxygens (including phenoxy) is 3. The van der Waals surface area contributed by atoms with Crippen LogP contribution in [-0.4, -0.2) is 23.4 Å². The van der Waals surface area contributed by atoms with Crippen LogP contribution in [-0.2, 0) is 6.54 Å². The third-order valence-electron chi connectivity index (χ3n) is 3.19. The molecule has 1 aliphatic heterocycles. The van der Waals surface area contributed by atoms with Gasteiger partial charge in [0.25, 0.3) is 0 Å². The maximum atomic E-state index is 6.02. The van der Waals surface area contributed by atoms with Crippen LogP contribution in [0.1, 0.15) is 18.9 Å². The maximum absolute atomic E-state index is 6.02. The fourth-order valence-corrected chi connectivity index (χ4v) is 2.07. The second-order valence-electron chi connectivity index (χ2n) is 4.83. The molecule has 0 saturated carbocycles. The lowest BCUT2D eigenvalue weighted by atomic mass is 10.2. The molecule has 0 spiro atoms. The Balaban J connectivity index is 1.68. The van der Waals surface area contributed by atoms with Gasteiger partial charge in [-0.25, -0.2) is 4.98 Å². The molecule has 0 atom stereocenters. The SMILES string of the molecule is CCCOc1ncnc(NCc2ccc3c(c2)OCO3)c1N. The Hall–Kier alpha value is -2.70. The van der Waals surface area contributed by atoms with Gasteiger partial charge in [0.1, 0.15) is 12.0 Å². The molecule has 0 amide bonds. The largest absolute Gasteiger partial charge is 0.476 e. The summed E-state index contributed by atoms with van der Waals surface area (Å²) in [7, 11) is 0. The van der Waals surface area contributed by atoms with Gasteiger partial charge in [0, 0.05) is 6.54 Å². The van der Waals surface area contributed by atoms with E-state index in [1.165, 1.54) is 6.33 Å². The number of nitrogen functional groups attached to an aromatic ring is 1. The quantitative estimate of drug-likeness (QED) is 0.845. The molecule has 0 bridgehead atoms. The average Bonchev–Trinajstić information content (AvgIpc) is 3.00. The summed E-state index contributed by atoms with van der Waals surface area (Å²) in [6.45, 7) is 3.42. The van der Waals surface area contributed by atoms with Crippen LogP contribution in [0.2, 0.25) is 0 Å². The minimum atomic E-state index is 0.267. The van der Waals surface area contributed by atoms with E-state index < -0.39 is 0 Å². The molecular weight excluding hydrogens is 284 g/mol. The van der Waals surface area contributed by atoms with Gasteiger partial charge in [0.2, 0.25) is 12.7 Å². The van der Waals surface area contributed by atoms with Crippen molar-refractivity contribution in [3.63, 3.8) is 0 Å². The van der Waals surface area contributed by atoms with Crippen LogP contribution in [0.4, 0.5) is 11.5 Å². The Bertz CT molecular complexity index is 663. The molecule has 2 heterocycles. The lowest BCUT2D eigenvalue weighted by Crippen LogP contribution is -2.08. The van der Waals surface area contributed by atoms with Gasteiger partial charge in [-0.2, -0.15) is 4.98 Å². The van der Waals surface area contributed by atoms with E-state index in [0.29, 0.717) is 30.5 Å². The molecule has 22 heavy (non-hydrogen) atoms. The normalized spacial score (nSPS) is 12.2. The zero-order valence-corrected chi connectivity index (χ0v) is 12.3. The number of aromatic nitrogens is 2. The molecule has 3 N–H and O–H groups in total. The molecular formula is C15H18N4O3. The van der Waals surface area contributed by atoms with Gasteiger partial charge in [-0.15, -0.1) is 0 Å². The summed E-state index contributed by atoms with van der Waals surface area (Å²) in [6.07, 6.45) is 2.33. The smallest absolute Gasteiger partial charge is 0.242 e. The maximum Gasteiger partial charge on any atom is 0.242 e. The van der Waals surface area contributed by atoms with E-state index in [1.54, 1.807) is 0 Å². The molecule has 116 valence electrons. The fraction of sp³-hybridized carbons (Fsp3) is 0.333. The van der Waals surface area contributed by atoms with Gasteiger partial charge in [-0.1, -0.05) is 13.0 Å². The molecule has 1 aromatic heterocycles. The number of anilines is 2. The highest BCUT2D eigenvalue weighted by molar-refractivity contribution is 5.66. The summed E-state index contributed by atoms with van der Waals surface area (Å²) in [5, 5.41) is 3.18. The number of benzene rings is 1. The number of nitrogens with two attached hydrogens (primary N) is 1. The predicted molar refractivity (Wildman–Crippen MR) is 82.1 cm³/mol. The second kappa shape index (κ2) is 6.38. The molecule has 3 rings (SSSR count). The molecule has 7 heteroatoms. The summed E-state index contributed by atoms with van der Waals surface area (Å²) in [5.74, 6) is 2.48. The van der Waals surface area contributed by atoms with Crippen LogP contribution in [0, 0.1) is 0 Å². The summed E-state index contributed by atoms with van der Waals surface area (Å²) in [6, 6.07) is 5.78. The monoisotopic (exact) mass is 302 g/mol. The summed E-state index contributed by atoms with van der Waals surface area (Å²) < 4.78 is 16.1. The molecule has 7 nitrogen and oxygen atoms in total. The highest BCUT2D eigenvalue weighted by Gasteiger charge is 2.14. The van der Waals surface area contributed by atoms with E-state index in [0.717, 1.165) is 23.5 Å². The minimum absolute atomic E-state index is 0.267. The highest BCUT2D eigenvalue weighted by atomic mass is 16.7. The van der Waals surface area contributed by atoms with Crippen LogP contribution in [0.15, 0.2) is 24.5 Å². The van der Waals surface area contributed by atoms with Crippen molar-refractivity contribution < 1.29 is 14.2 Å².